The maximum atomic E-state index is 5.60. The molecule has 0 aliphatic heterocycles. The highest BCUT2D eigenvalue weighted by Gasteiger charge is 2.21. The van der Waals surface area contributed by atoms with Gasteiger partial charge >= 0.3 is 0 Å². The van der Waals surface area contributed by atoms with E-state index in [0.29, 0.717) is 0 Å². The van der Waals surface area contributed by atoms with Gasteiger partial charge in [-0.25, -0.2) is 0 Å². The SMILES string of the molecule is CCSc1nnc(-c2cc3occc3n2CC)n1-c1cccc(C)c1. The Balaban J connectivity index is 1.96. The highest BCUT2D eigenvalue weighted by atomic mass is 32.2. The summed E-state index contributed by atoms with van der Waals surface area (Å²) in [4.78, 5) is 0. The maximum absolute atomic E-state index is 5.60. The zero-order valence-electron chi connectivity index (χ0n) is 14.6. The molecular formula is C19H20N4OS. The average Bonchev–Trinajstić information content (AvgIpc) is 3.28. The van der Waals surface area contributed by atoms with Crippen LogP contribution in [0.3, 0.4) is 0 Å². The van der Waals surface area contributed by atoms with Crippen LogP contribution in [-0.2, 0) is 6.54 Å². The second-order valence-corrected chi connectivity index (χ2v) is 7.09. The molecule has 0 saturated carbocycles. The van der Waals surface area contributed by atoms with E-state index in [-0.39, 0.29) is 0 Å². The first kappa shape index (κ1) is 16.0. The third kappa shape index (κ3) is 2.66. The molecule has 3 heterocycles. The van der Waals surface area contributed by atoms with Gasteiger partial charge in [0.05, 0.1) is 23.2 Å². The molecule has 0 aliphatic carbocycles. The van der Waals surface area contributed by atoms with Crippen molar-refractivity contribution in [1.82, 2.24) is 19.3 Å². The first-order valence-corrected chi connectivity index (χ1v) is 9.43. The van der Waals surface area contributed by atoms with Crippen LogP contribution in [0, 0.1) is 6.92 Å². The standard InChI is InChI=1S/C19H20N4OS/c1-4-22-15-9-10-24-17(15)12-16(22)18-20-21-19(25-5-2)23(18)14-8-6-7-13(3)11-14/h6-12H,4-5H2,1-3H3. The summed E-state index contributed by atoms with van der Waals surface area (Å²) in [5.74, 6) is 1.79. The normalized spacial score (nSPS) is 11.5. The van der Waals surface area contributed by atoms with Gasteiger partial charge in [0.15, 0.2) is 16.6 Å². The van der Waals surface area contributed by atoms with Crippen molar-refractivity contribution in [2.75, 3.05) is 5.75 Å². The lowest BCUT2D eigenvalue weighted by atomic mass is 10.2. The molecule has 4 rings (SSSR count). The third-order valence-electron chi connectivity index (χ3n) is 4.23. The van der Waals surface area contributed by atoms with Crippen molar-refractivity contribution in [2.24, 2.45) is 0 Å². The van der Waals surface area contributed by atoms with Crippen LogP contribution >= 0.6 is 11.8 Å². The molecule has 0 N–H and O–H groups in total. The molecule has 0 fully saturated rings. The minimum absolute atomic E-state index is 0.842. The molecule has 0 atom stereocenters. The molecule has 0 radical (unpaired) electrons. The Morgan fingerprint density at radius 2 is 2.00 bits per heavy atom. The fourth-order valence-electron chi connectivity index (χ4n) is 3.16. The number of rotatable bonds is 5. The van der Waals surface area contributed by atoms with Gasteiger partial charge < -0.3 is 8.98 Å². The lowest BCUT2D eigenvalue weighted by molar-refractivity contribution is 0.616. The van der Waals surface area contributed by atoms with Crippen molar-refractivity contribution < 1.29 is 4.42 Å². The maximum Gasteiger partial charge on any atom is 0.196 e. The van der Waals surface area contributed by atoms with E-state index in [2.05, 4.69) is 70.4 Å². The summed E-state index contributed by atoms with van der Waals surface area (Å²) in [6, 6.07) is 12.5. The van der Waals surface area contributed by atoms with E-state index >= 15 is 0 Å². The highest BCUT2D eigenvalue weighted by Crippen LogP contribution is 2.32. The van der Waals surface area contributed by atoms with Gasteiger partial charge in [-0.05, 0) is 37.3 Å². The van der Waals surface area contributed by atoms with Gasteiger partial charge in [-0.2, -0.15) is 0 Å². The van der Waals surface area contributed by atoms with Crippen molar-refractivity contribution in [3.63, 3.8) is 0 Å². The molecular weight excluding hydrogens is 332 g/mol. The van der Waals surface area contributed by atoms with Crippen LogP contribution in [0.4, 0.5) is 0 Å². The summed E-state index contributed by atoms with van der Waals surface area (Å²) < 4.78 is 9.96. The first-order valence-electron chi connectivity index (χ1n) is 8.45. The van der Waals surface area contributed by atoms with Crippen LogP contribution in [0.25, 0.3) is 28.3 Å². The molecule has 1 aromatic carbocycles. The fourth-order valence-corrected chi connectivity index (χ4v) is 3.84. The lowest BCUT2D eigenvalue weighted by Gasteiger charge is -2.12. The van der Waals surface area contributed by atoms with E-state index in [1.807, 2.05) is 6.07 Å². The first-order chi connectivity index (χ1) is 12.2. The Morgan fingerprint density at radius 3 is 2.76 bits per heavy atom. The van der Waals surface area contributed by atoms with Crippen LogP contribution in [0.1, 0.15) is 19.4 Å². The molecule has 6 heteroatoms. The minimum atomic E-state index is 0.842. The summed E-state index contributed by atoms with van der Waals surface area (Å²) in [5.41, 5.74) is 5.27. The highest BCUT2D eigenvalue weighted by molar-refractivity contribution is 7.99. The van der Waals surface area contributed by atoms with Gasteiger partial charge in [0.1, 0.15) is 0 Å². The fraction of sp³-hybridized carbons (Fsp3) is 0.263. The number of thioether (sulfide) groups is 1. The Hall–Kier alpha value is -2.47. The van der Waals surface area contributed by atoms with Gasteiger partial charge in [-0.3, -0.25) is 4.57 Å². The van der Waals surface area contributed by atoms with Gasteiger partial charge in [-0.15, -0.1) is 10.2 Å². The monoisotopic (exact) mass is 352 g/mol. The molecule has 128 valence electrons. The lowest BCUT2D eigenvalue weighted by Crippen LogP contribution is -2.04. The largest absolute Gasteiger partial charge is 0.463 e. The van der Waals surface area contributed by atoms with Crippen molar-refractivity contribution in [2.45, 2.75) is 32.5 Å². The number of aryl methyl sites for hydroxylation is 2. The van der Waals surface area contributed by atoms with Crippen molar-refractivity contribution in [1.29, 1.82) is 0 Å². The second-order valence-electron chi connectivity index (χ2n) is 5.86. The molecule has 0 bridgehead atoms. The van der Waals surface area contributed by atoms with Crippen LogP contribution in [0.5, 0.6) is 0 Å². The van der Waals surface area contributed by atoms with Gasteiger partial charge in [-0.1, -0.05) is 30.8 Å². The molecule has 3 aromatic heterocycles. The van der Waals surface area contributed by atoms with E-state index in [1.165, 1.54) is 5.56 Å². The van der Waals surface area contributed by atoms with E-state index < -0.39 is 0 Å². The molecule has 0 amide bonds. The molecule has 0 unspecified atom stereocenters. The number of hydrogen-bond donors (Lipinski definition) is 0. The summed E-state index contributed by atoms with van der Waals surface area (Å²) >= 11 is 1.70. The Morgan fingerprint density at radius 1 is 1.12 bits per heavy atom. The third-order valence-corrected chi connectivity index (χ3v) is 5.05. The second kappa shape index (κ2) is 6.44. The number of benzene rings is 1. The number of furan rings is 1. The number of fused-ring (bicyclic) bond motifs is 1. The van der Waals surface area contributed by atoms with E-state index in [0.717, 1.165) is 45.8 Å². The van der Waals surface area contributed by atoms with Gasteiger partial charge in [0.2, 0.25) is 0 Å². The number of aromatic nitrogens is 4. The van der Waals surface area contributed by atoms with Crippen LogP contribution in [-0.4, -0.2) is 25.1 Å². The predicted molar refractivity (Wildman–Crippen MR) is 101 cm³/mol. The smallest absolute Gasteiger partial charge is 0.196 e. The number of hydrogen-bond acceptors (Lipinski definition) is 4. The van der Waals surface area contributed by atoms with Crippen LogP contribution in [0.15, 0.2) is 52.2 Å². The van der Waals surface area contributed by atoms with Gasteiger partial charge in [0.25, 0.3) is 0 Å². The summed E-state index contributed by atoms with van der Waals surface area (Å²) in [6.45, 7) is 7.20. The Kier molecular flexibility index (Phi) is 4.13. The zero-order valence-corrected chi connectivity index (χ0v) is 15.4. The summed E-state index contributed by atoms with van der Waals surface area (Å²) in [7, 11) is 0. The Bertz CT molecular complexity index is 1030. The van der Waals surface area contributed by atoms with E-state index in [9.17, 15) is 0 Å². The summed E-state index contributed by atoms with van der Waals surface area (Å²) in [5, 5.41) is 9.88. The van der Waals surface area contributed by atoms with Crippen molar-refractivity contribution >= 4 is 22.9 Å². The van der Waals surface area contributed by atoms with Crippen LogP contribution < -0.4 is 0 Å². The molecule has 25 heavy (non-hydrogen) atoms. The molecule has 4 aromatic rings. The van der Waals surface area contributed by atoms with Gasteiger partial charge in [0, 0.05) is 18.7 Å². The quantitative estimate of drug-likeness (QED) is 0.478. The summed E-state index contributed by atoms with van der Waals surface area (Å²) in [6.07, 6.45) is 1.73. The Labute approximate surface area is 150 Å². The predicted octanol–water partition coefficient (Wildman–Crippen LogP) is 4.92. The van der Waals surface area contributed by atoms with E-state index in [4.69, 9.17) is 4.42 Å². The topological polar surface area (TPSA) is 48.8 Å². The van der Waals surface area contributed by atoms with Crippen molar-refractivity contribution in [3.8, 4) is 17.2 Å². The van der Waals surface area contributed by atoms with E-state index in [1.54, 1.807) is 18.0 Å². The van der Waals surface area contributed by atoms with Crippen molar-refractivity contribution in [3.05, 3.63) is 48.2 Å². The minimum Gasteiger partial charge on any atom is -0.463 e. The zero-order chi connectivity index (χ0) is 17.4. The molecule has 0 saturated heterocycles. The molecule has 0 aliphatic rings. The number of nitrogens with zero attached hydrogens (tertiary/aromatic N) is 4. The van der Waals surface area contributed by atoms with Crippen LogP contribution in [0.2, 0.25) is 0 Å². The molecule has 0 spiro atoms. The molecule has 5 nitrogen and oxygen atoms in total. The average molecular weight is 352 g/mol.